The molecule has 3 nitrogen and oxygen atoms in total. The van der Waals surface area contributed by atoms with Crippen molar-refractivity contribution in [2.45, 2.75) is 33.2 Å². The first-order chi connectivity index (χ1) is 7.61. The van der Waals surface area contributed by atoms with Gasteiger partial charge in [0.2, 0.25) is 5.91 Å². The SMILES string of the molecule is CC(C)CCC(=O)Nc1ccc(CN)cc1.Cl. The summed E-state index contributed by atoms with van der Waals surface area (Å²) in [6, 6.07) is 7.63. The van der Waals surface area contributed by atoms with Gasteiger partial charge in [-0.15, -0.1) is 12.4 Å². The summed E-state index contributed by atoms with van der Waals surface area (Å²) in [4.78, 5) is 11.5. The summed E-state index contributed by atoms with van der Waals surface area (Å²) in [6.07, 6.45) is 1.50. The summed E-state index contributed by atoms with van der Waals surface area (Å²) >= 11 is 0. The third kappa shape index (κ3) is 6.29. The Morgan fingerprint density at radius 2 is 1.88 bits per heavy atom. The summed E-state index contributed by atoms with van der Waals surface area (Å²) in [6.45, 7) is 4.76. The number of benzene rings is 1. The maximum atomic E-state index is 11.5. The van der Waals surface area contributed by atoms with E-state index >= 15 is 0 Å². The zero-order valence-corrected chi connectivity index (χ0v) is 11.2. The molecule has 0 bridgehead atoms. The molecule has 0 saturated heterocycles. The number of hydrogen-bond acceptors (Lipinski definition) is 2. The predicted octanol–water partition coefficient (Wildman–Crippen LogP) is 2.94. The number of hydrogen-bond donors (Lipinski definition) is 2. The van der Waals surface area contributed by atoms with E-state index in [2.05, 4.69) is 19.2 Å². The fourth-order valence-corrected chi connectivity index (χ4v) is 1.37. The van der Waals surface area contributed by atoms with Crippen molar-refractivity contribution in [3.63, 3.8) is 0 Å². The standard InChI is InChI=1S/C13H20N2O.ClH/c1-10(2)3-8-13(16)15-12-6-4-11(9-14)5-7-12;/h4-7,10H,3,8-9,14H2,1-2H3,(H,15,16);1H. The van der Waals surface area contributed by atoms with Crippen LogP contribution in [0.2, 0.25) is 0 Å². The summed E-state index contributed by atoms with van der Waals surface area (Å²) in [7, 11) is 0. The molecule has 1 rings (SSSR count). The van der Waals surface area contributed by atoms with Crippen LogP contribution in [0.1, 0.15) is 32.3 Å². The van der Waals surface area contributed by atoms with Crippen molar-refractivity contribution in [2.24, 2.45) is 11.7 Å². The van der Waals surface area contributed by atoms with Gasteiger partial charge in [-0.2, -0.15) is 0 Å². The number of carbonyl (C=O) groups excluding carboxylic acids is 1. The van der Waals surface area contributed by atoms with Gasteiger partial charge in [-0.25, -0.2) is 0 Å². The Kier molecular flexibility index (Phi) is 7.59. The second-order valence-corrected chi connectivity index (χ2v) is 4.38. The predicted molar refractivity (Wildman–Crippen MR) is 74.3 cm³/mol. The van der Waals surface area contributed by atoms with E-state index in [9.17, 15) is 4.79 Å². The third-order valence-electron chi connectivity index (χ3n) is 2.42. The van der Waals surface area contributed by atoms with Crippen LogP contribution in [0.4, 0.5) is 5.69 Å². The zero-order chi connectivity index (χ0) is 12.0. The van der Waals surface area contributed by atoms with Crippen molar-refractivity contribution < 1.29 is 4.79 Å². The molecule has 0 atom stereocenters. The number of halogens is 1. The highest BCUT2D eigenvalue weighted by atomic mass is 35.5. The van der Waals surface area contributed by atoms with Crippen molar-refractivity contribution in [2.75, 3.05) is 5.32 Å². The van der Waals surface area contributed by atoms with Gasteiger partial charge >= 0.3 is 0 Å². The number of rotatable bonds is 5. The van der Waals surface area contributed by atoms with E-state index in [0.29, 0.717) is 18.9 Å². The van der Waals surface area contributed by atoms with E-state index in [0.717, 1.165) is 17.7 Å². The Balaban J connectivity index is 0.00000256. The Labute approximate surface area is 109 Å². The summed E-state index contributed by atoms with van der Waals surface area (Å²) in [5.74, 6) is 0.638. The lowest BCUT2D eigenvalue weighted by Crippen LogP contribution is -2.12. The van der Waals surface area contributed by atoms with Crippen molar-refractivity contribution in [1.29, 1.82) is 0 Å². The lowest BCUT2D eigenvalue weighted by Gasteiger charge is -2.07. The number of carbonyl (C=O) groups is 1. The van der Waals surface area contributed by atoms with Gasteiger partial charge in [0.25, 0.3) is 0 Å². The van der Waals surface area contributed by atoms with E-state index in [1.165, 1.54) is 0 Å². The van der Waals surface area contributed by atoms with E-state index in [4.69, 9.17) is 5.73 Å². The summed E-state index contributed by atoms with van der Waals surface area (Å²) in [5, 5.41) is 2.87. The molecule has 0 radical (unpaired) electrons. The molecule has 1 aromatic rings. The topological polar surface area (TPSA) is 55.1 Å². The van der Waals surface area contributed by atoms with Gasteiger partial charge in [0.1, 0.15) is 0 Å². The van der Waals surface area contributed by atoms with Gasteiger partial charge in [-0.05, 0) is 30.0 Å². The molecule has 0 aliphatic carbocycles. The summed E-state index contributed by atoms with van der Waals surface area (Å²) in [5.41, 5.74) is 7.40. The molecule has 0 fully saturated rings. The average molecular weight is 257 g/mol. The van der Waals surface area contributed by atoms with Crippen LogP contribution in [0.15, 0.2) is 24.3 Å². The van der Waals surface area contributed by atoms with Crippen LogP contribution < -0.4 is 11.1 Å². The second kappa shape index (κ2) is 8.09. The smallest absolute Gasteiger partial charge is 0.224 e. The number of anilines is 1. The molecule has 0 aliphatic heterocycles. The fraction of sp³-hybridized carbons (Fsp3) is 0.462. The fourth-order valence-electron chi connectivity index (χ4n) is 1.37. The summed E-state index contributed by atoms with van der Waals surface area (Å²) < 4.78 is 0. The van der Waals surface area contributed by atoms with E-state index in [1.54, 1.807) is 0 Å². The molecule has 96 valence electrons. The molecule has 1 amide bonds. The minimum Gasteiger partial charge on any atom is -0.326 e. The third-order valence-corrected chi connectivity index (χ3v) is 2.42. The molecule has 17 heavy (non-hydrogen) atoms. The maximum absolute atomic E-state index is 11.5. The molecule has 4 heteroatoms. The Bertz CT molecular complexity index is 336. The van der Waals surface area contributed by atoms with Gasteiger partial charge < -0.3 is 11.1 Å². The largest absolute Gasteiger partial charge is 0.326 e. The van der Waals surface area contributed by atoms with Crippen LogP contribution in [0.3, 0.4) is 0 Å². The van der Waals surface area contributed by atoms with Gasteiger partial charge in [0, 0.05) is 18.7 Å². The van der Waals surface area contributed by atoms with Gasteiger partial charge in [-0.3, -0.25) is 4.79 Å². The molecule has 0 saturated carbocycles. The highest BCUT2D eigenvalue weighted by Gasteiger charge is 2.03. The minimum atomic E-state index is 0. The van der Waals surface area contributed by atoms with Crippen molar-refractivity contribution in [3.8, 4) is 0 Å². The van der Waals surface area contributed by atoms with Crippen LogP contribution in [0.5, 0.6) is 0 Å². The molecule has 0 heterocycles. The lowest BCUT2D eigenvalue weighted by molar-refractivity contribution is -0.116. The first kappa shape index (κ1) is 15.9. The quantitative estimate of drug-likeness (QED) is 0.851. The van der Waals surface area contributed by atoms with E-state index in [1.807, 2.05) is 24.3 Å². The molecule has 0 aliphatic rings. The average Bonchev–Trinajstić information content (AvgIpc) is 2.27. The number of nitrogens with two attached hydrogens (primary N) is 1. The monoisotopic (exact) mass is 256 g/mol. The molecular formula is C13H21ClN2O. The Morgan fingerprint density at radius 1 is 1.29 bits per heavy atom. The normalized spacial score (nSPS) is 9.88. The van der Waals surface area contributed by atoms with Crippen LogP contribution in [0, 0.1) is 5.92 Å². The number of amides is 1. The van der Waals surface area contributed by atoms with Gasteiger partial charge in [-0.1, -0.05) is 26.0 Å². The van der Waals surface area contributed by atoms with E-state index < -0.39 is 0 Å². The van der Waals surface area contributed by atoms with Crippen LogP contribution in [0.25, 0.3) is 0 Å². The van der Waals surface area contributed by atoms with Crippen LogP contribution in [-0.4, -0.2) is 5.91 Å². The maximum Gasteiger partial charge on any atom is 0.224 e. The number of nitrogens with one attached hydrogen (secondary N) is 1. The van der Waals surface area contributed by atoms with Crippen LogP contribution >= 0.6 is 12.4 Å². The molecule has 3 N–H and O–H groups in total. The molecular weight excluding hydrogens is 236 g/mol. The highest BCUT2D eigenvalue weighted by molar-refractivity contribution is 5.90. The first-order valence-electron chi connectivity index (χ1n) is 5.70. The Hall–Kier alpha value is -1.06. The van der Waals surface area contributed by atoms with Crippen molar-refractivity contribution in [3.05, 3.63) is 29.8 Å². The van der Waals surface area contributed by atoms with Crippen molar-refractivity contribution in [1.82, 2.24) is 0 Å². The van der Waals surface area contributed by atoms with Crippen LogP contribution in [-0.2, 0) is 11.3 Å². The highest BCUT2D eigenvalue weighted by Crippen LogP contribution is 2.11. The minimum absolute atomic E-state index is 0. The van der Waals surface area contributed by atoms with Crippen molar-refractivity contribution >= 4 is 24.0 Å². The Morgan fingerprint density at radius 3 is 2.35 bits per heavy atom. The second-order valence-electron chi connectivity index (χ2n) is 4.38. The van der Waals surface area contributed by atoms with E-state index in [-0.39, 0.29) is 18.3 Å². The molecule has 0 unspecified atom stereocenters. The van der Waals surface area contributed by atoms with Gasteiger partial charge in [0.15, 0.2) is 0 Å². The first-order valence-corrected chi connectivity index (χ1v) is 5.70. The molecule has 0 spiro atoms. The molecule has 0 aromatic heterocycles. The molecule has 1 aromatic carbocycles. The van der Waals surface area contributed by atoms with Gasteiger partial charge in [0.05, 0.1) is 0 Å². The lowest BCUT2D eigenvalue weighted by atomic mass is 10.1. The zero-order valence-electron chi connectivity index (χ0n) is 10.4.